The van der Waals surface area contributed by atoms with Crippen molar-refractivity contribution in [3.8, 4) is 0 Å². The van der Waals surface area contributed by atoms with Gasteiger partial charge >= 0.3 is 0 Å². The van der Waals surface area contributed by atoms with Crippen molar-refractivity contribution in [2.45, 2.75) is 24.8 Å². The van der Waals surface area contributed by atoms with Crippen LogP contribution in [0.15, 0.2) is 21.4 Å². The van der Waals surface area contributed by atoms with Gasteiger partial charge in [-0.25, -0.2) is 0 Å². The Morgan fingerprint density at radius 1 is 1.56 bits per heavy atom. The molecule has 6 nitrogen and oxygen atoms in total. The summed E-state index contributed by atoms with van der Waals surface area (Å²) < 4.78 is 4.18. The second-order valence-electron chi connectivity index (χ2n) is 4.01. The smallest absolute Gasteiger partial charge is 0.295 e. The van der Waals surface area contributed by atoms with Crippen molar-refractivity contribution in [2.75, 3.05) is 5.32 Å². The number of nitro groups is 1. The van der Waals surface area contributed by atoms with Gasteiger partial charge in [-0.05, 0) is 19.9 Å². The van der Waals surface area contributed by atoms with Crippen molar-refractivity contribution < 1.29 is 4.92 Å². The molecule has 0 aromatic heterocycles. The SMILES string of the molecule is CC(C)NC1=NSc2cc(Cl)cc([N+](=O)[O-])c2N1. The van der Waals surface area contributed by atoms with Crippen LogP contribution in [0.3, 0.4) is 0 Å². The molecule has 1 aromatic carbocycles. The van der Waals surface area contributed by atoms with Crippen LogP contribution in [0.5, 0.6) is 0 Å². The highest BCUT2D eigenvalue weighted by Gasteiger charge is 2.24. The molecule has 0 radical (unpaired) electrons. The topological polar surface area (TPSA) is 79.6 Å². The van der Waals surface area contributed by atoms with E-state index in [-0.39, 0.29) is 11.7 Å². The van der Waals surface area contributed by atoms with E-state index in [1.165, 1.54) is 6.07 Å². The van der Waals surface area contributed by atoms with Crippen molar-refractivity contribution in [2.24, 2.45) is 4.40 Å². The van der Waals surface area contributed by atoms with Gasteiger partial charge in [0.05, 0.1) is 9.82 Å². The number of halogens is 1. The lowest BCUT2D eigenvalue weighted by Crippen LogP contribution is -2.36. The Hall–Kier alpha value is -1.47. The van der Waals surface area contributed by atoms with E-state index >= 15 is 0 Å². The third-order valence-corrected chi connectivity index (χ3v) is 3.16. The number of anilines is 1. The van der Waals surface area contributed by atoms with E-state index in [0.29, 0.717) is 21.6 Å². The second-order valence-corrected chi connectivity index (χ2v) is 5.25. The molecule has 1 heterocycles. The molecule has 0 bridgehead atoms. The minimum atomic E-state index is -0.462. The number of benzene rings is 1. The van der Waals surface area contributed by atoms with Crippen LogP contribution in [0.4, 0.5) is 11.4 Å². The predicted molar refractivity (Wildman–Crippen MR) is 73.3 cm³/mol. The fraction of sp³-hybridized carbons (Fsp3) is 0.300. The van der Waals surface area contributed by atoms with Crippen molar-refractivity contribution in [1.29, 1.82) is 0 Å². The molecular formula is C10H11ClN4O2S. The fourth-order valence-electron chi connectivity index (χ4n) is 1.48. The van der Waals surface area contributed by atoms with E-state index in [1.807, 2.05) is 13.8 Å². The molecule has 2 N–H and O–H groups in total. The largest absolute Gasteiger partial charge is 0.353 e. The summed E-state index contributed by atoms with van der Waals surface area (Å²) in [5.74, 6) is 0.507. The maximum atomic E-state index is 11.0. The lowest BCUT2D eigenvalue weighted by Gasteiger charge is -2.20. The Labute approximate surface area is 113 Å². The monoisotopic (exact) mass is 286 g/mol. The summed E-state index contributed by atoms with van der Waals surface area (Å²) in [7, 11) is 0. The first-order valence-electron chi connectivity index (χ1n) is 5.24. The molecule has 0 fully saturated rings. The predicted octanol–water partition coefficient (Wildman–Crippen LogP) is 3.03. The van der Waals surface area contributed by atoms with E-state index in [4.69, 9.17) is 11.6 Å². The Morgan fingerprint density at radius 2 is 2.28 bits per heavy atom. The molecule has 8 heteroatoms. The van der Waals surface area contributed by atoms with Crippen LogP contribution in [0.25, 0.3) is 0 Å². The lowest BCUT2D eigenvalue weighted by molar-refractivity contribution is -0.384. The summed E-state index contributed by atoms with van der Waals surface area (Å²) >= 11 is 7.00. The zero-order valence-corrected chi connectivity index (χ0v) is 11.3. The zero-order valence-electron chi connectivity index (χ0n) is 9.73. The van der Waals surface area contributed by atoms with Crippen LogP contribution >= 0.6 is 23.5 Å². The molecule has 0 amide bonds. The molecule has 0 atom stereocenters. The van der Waals surface area contributed by atoms with E-state index in [1.54, 1.807) is 6.07 Å². The van der Waals surface area contributed by atoms with Crippen molar-refractivity contribution in [3.05, 3.63) is 27.3 Å². The van der Waals surface area contributed by atoms with Gasteiger partial charge in [-0.1, -0.05) is 11.6 Å². The Kier molecular flexibility index (Phi) is 3.63. The molecule has 18 heavy (non-hydrogen) atoms. The second kappa shape index (κ2) is 5.03. The highest BCUT2D eigenvalue weighted by Crippen LogP contribution is 2.40. The number of hydrogen-bond acceptors (Lipinski definition) is 6. The molecule has 1 aliphatic heterocycles. The van der Waals surface area contributed by atoms with Crippen LogP contribution in [-0.2, 0) is 0 Å². The molecule has 1 aromatic rings. The summed E-state index contributed by atoms with van der Waals surface area (Å²) in [5.41, 5.74) is 0.371. The molecule has 2 rings (SSSR count). The van der Waals surface area contributed by atoms with Crippen LogP contribution < -0.4 is 10.6 Å². The number of guanidine groups is 1. The average molecular weight is 287 g/mol. The molecule has 0 spiro atoms. The van der Waals surface area contributed by atoms with Gasteiger partial charge in [0.25, 0.3) is 5.69 Å². The third kappa shape index (κ3) is 2.68. The van der Waals surface area contributed by atoms with Gasteiger partial charge < -0.3 is 10.6 Å². The maximum Gasteiger partial charge on any atom is 0.295 e. The summed E-state index contributed by atoms with van der Waals surface area (Å²) in [5, 5.41) is 17.3. The quantitative estimate of drug-likeness (QED) is 0.496. The van der Waals surface area contributed by atoms with Gasteiger partial charge in [0.15, 0.2) is 0 Å². The molecule has 0 aliphatic carbocycles. The van der Waals surface area contributed by atoms with E-state index < -0.39 is 4.92 Å². The fourth-order valence-corrected chi connectivity index (χ4v) is 2.47. The first-order valence-corrected chi connectivity index (χ1v) is 6.39. The first kappa shape index (κ1) is 13.0. The maximum absolute atomic E-state index is 11.0. The Bertz CT molecular complexity index is 533. The Morgan fingerprint density at radius 3 is 2.89 bits per heavy atom. The number of fused-ring (bicyclic) bond motifs is 1. The number of nitro benzene ring substituents is 1. The summed E-state index contributed by atoms with van der Waals surface area (Å²) in [4.78, 5) is 11.2. The number of rotatable bonds is 2. The average Bonchev–Trinajstić information content (AvgIpc) is 2.27. The molecule has 0 saturated carbocycles. The highest BCUT2D eigenvalue weighted by molar-refractivity contribution is 7.98. The molecule has 0 saturated heterocycles. The van der Waals surface area contributed by atoms with E-state index in [0.717, 1.165) is 11.9 Å². The van der Waals surface area contributed by atoms with Gasteiger partial charge in [-0.15, -0.1) is 0 Å². The van der Waals surface area contributed by atoms with Crippen LogP contribution in [0.2, 0.25) is 5.02 Å². The number of hydrogen-bond donors (Lipinski definition) is 2. The number of nitrogens with one attached hydrogen (secondary N) is 2. The Balaban J connectivity index is 2.37. The van der Waals surface area contributed by atoms with Crippen molar-refractivity contribution >= 4 is 40.9 Å². The normalized spacial score (nSPS) is 13.7. The minimum absolute atomic E-state index is 0.0528. The third-order valence-electron chi connectivity index (χ3n) is 2.15. The molecule has 1 aliphatic rings. The summed E-state index contributed by atoms with van der Waals surface area (Å²) in [6, 6.07) is 3.16. The van der Waals surface area contributed by atoms with Gasteiger partial charge in [-0.3, -0.25) is 10.1 Å². The van der Waals surface area contributed by atoms with Gasteiger partial charge in [0, 0.05) is 29.1 Å². The van der Waals surface area contributed by atoms with Gasteiger partial charge in [0.2, 0.25) is 5.96 Å². The van der Waals surface area contributed by atoms with Crippen LogP contribution in [-0.4, -0.2) is 16.9 Å². The van der Waals surface area contributed by atoms with E-state index in [9.17, 15) is 10.1 Å². The first-order chi connectivity index (χ1) is 8.47. The molecule has 96 valence electrons. The van der Waals surface area contributed by atoms with Crippen LogP contribution in [0, 0.1) is 10.1 Å². The van der Waals surface area contributed by atoms with Crippen molar-refractivity contribution in [3.63, 3.8) is 0 Å². The van der Waals surface area contributed by atoms with Crippen molar-refractivity contribution in [1.82, 2.24) is 5.32 Å². The van der Waals surface area contributed by atoms with Gasteiger partial charge in [-0.2, -0.15) is 4.40 Å². The zero-order chi connectivity index (χ0) is 13.3. The van der Waals surface area contributed by atoms with E-state index in [2.05, 4.69) is 15.0 Å². The number of nitrogens with zero attached hydrogens (tertiary/aromatic N) is 2. The van der Waals surface area contributed by atoms with Gasteiger partial charge in [0.1, 0.15) is 5.69 Å². The molecular weight excluding hydrogens is 276 g/mol. The summed E-state index contributed by atoms with van der Waals surface area (Å²) in [6.45, 7) is 3.92. The minimum Gasteiger partial charge on any atom is -0.353 e. The summed E-state index contributed by atoms with van der Waals surface area (Å²) in [6.07, 6.45) is 0. The van der Waals surface area contributed by atoms with Crippen LogP contribution in [0.1, 0.15) is 13.8 Å². The highest BCUT2D eigenvalue weighted by atomic mass is 35.5. The lowest BCUT2D eigenvalue weighted by atomic mass is 10.2. The standard InChI is InChI=1S/C10H11ClN4O2S/c1-5(2)12-10-13-9-7(15(16)17)3-6(11)4-8(9)18-14-10/h3-5H,1-2H3,(H2,12,13,14). The molecule has 0 unspecified atom stereocenters.